The van der Waals surface area contributed by atoms with E-state index < -0.39 is 0 Å². The van der Waals surface area contributed by atoms with Gasteiger partial charge >= 0.3 is 0 Å². The van der Waals surface area contributed by atoms with Gasteiger partial charge in [0.2, 0.25) is 0 Å². The first-order valence-electron chi connectivity index (χ1n) is 6.15. The lowest BCUT2D eigenvalue weighted by molar-refractivity contribution is 0.0937. The molecule has 0 aromatic carbocycles. The molecule has 0 bridgehead atoms. The van der Waals surface area contributed by atoms with Crippen LogP contribution in [0, 0.1) is 5.92 Å². The summed E-state index contributed by atoms with van der Waals surface area (Å²) in [5, 5.41) is 4.99. The second-order valence-electron chi connectivity index (χ2n) is 4.66. The fraction of sp³-hybridized carbons (Fsp3) is 0.615. The molecule has 0 aliphatic carbocycles. The van der Waals surface area contributed by atoms with Crippen LogP contribution < -0.4 is 11.1 Å². The lowest BCUT2D eigenvalue weighted by Gasteiger charge is -2.18. The van der Waals surface area contributed by atoms with E-state index in [1.165, 1.54) is 11.3 Å². The third kappa shape index (κ3) is 4.13. The first-order valence-corrected chi connectivity index (χ1v) is 7.03. The Morgan fingerprint density at radius 3 is 2.76 bits per heavy atom. The fourth-order valence-electron chi connectivity index (χ4n) is 1.85. The number of hydrogen-bond donors (Lipinski definition) is 2. The molecular formula is C13H22N2OS. The molecule has 96 valence electrons. The number of rotatable bonds is 6. The molecule has 0 aliphatic heterocycles. The van der Waals surface area contributed by atoms with Gasteiger partial charge in [0.25, 0.3) is 5.91 Å². The highest BCUT2D eigenvalue weighted by Gasteiger charge is 2.16. The molecule has 0 saturated heterocycles. The van der Waals surface area contributed by atoms with Crippen LogP contribution in [-0.2, 0) is 6.42 Å². The highest BCUT2D eigenvalue weighted by Crippen LogP contribution is 2.17. The molecule has 3 N–H and O–H groups in total. The Bertz CT molecular complexity index is 360. The van der Waals surface area contributed by atoms with Crippen molar-refractivity contribution >= 4 is 17.2 Å². The number of aryl methyl sites for hydroxylation is 1. The van der Waals surface area contributed by atoms with Gasteiger partial charge in [-0.15, -0.1) is 11.3 Å². The third-order valence-corrected chi connectivity index (χ3v) is 3.67. The minimum absolute atomic E-state index is 0.0213. The van der Waals surface area contributed by atoms with E-state index in [-0.39, 0.29) is 11.9 Å². The van der Waals surface area contributed by atoms with Gasteiger partial charge in [-0.05, 0) is 35.8 Å². The molecule has 1 rings (SSSR count). The van der Waals surface area contributed by atoms with E-state index in [9.17, 15) is 4.79 Å². The summed E-state index contributed by atoms with van der Waals surface area (Å²) in [4.78, 5) is 12.9. The fourth-order valence-corrected chi connectivity index (χ4v) is 2.75. The topological polar surface area (TPSA) is 55.1 Å². The number of thiophene rings is 1. The number of hydrogen-bond acceptors (Lipinski definition) is 3. The number of nitrogens with two attached hydrogens (primary N) is 1. The Morgan fingerprint density at radius 1 is 1.53 bits per heavy atom. The molecule has 1 aromatic rings. The molecule has 0 spiro atoms. The van der Waals surface area contributed by atoms with Gasteiger partial charge in [0.15, 0.2) is 0 Å². The molecule has 4 heteroatoms. The van der Waals surface area contributed by atoms with Gasteiger partial charge in [0, 0.05) is 12.6 Å². The van der Waals surface area contributed by atoms with Crippen molar-refractivity contribution in [3.8, 4) is 0 Å². The van der Waals surface area contributed by atoms with Gasteiger partial charge in [-0.1, -0.05) is 20.8 Å². The monoisotopic (exact) mass is 254 g/mol. The molecule has 1 amide bonds. The summed E-state index contributed by atoms with van der Waals surface area (Å²) in [6, 6.07) is 2.09. The Balaban J connectivity index is 2.64. The predicted molar refractivity (Wildman–Crippen MR) is 73.5 cm³/mol. The average Bonchev–Trinajstić information content (AvgIpc) is 2.75. The lowest BCUT2D eigenvalue weighted by Crippen LogP contribution is -2.41. The SMILES string of the molecule is CCc1ccsc1C(=O)NC(CN)CC(C)C. The molecule has 3 nitrogen and oxygen atoms in total. The van der Waals surface area contributed by atoms with Gasteiger partial charge in [0.1, 0.15) is 0 Å². The van der Waals surface area contributed by atoms with E-state index in [1.54, 1.807) is 0 Å². The Hall–Kier alpha value is -0.870. The van der Waals surface area contributed by atoms with Gasteiger partial charge in [-0.3, -0.25) is 4.79 Å². The maximum absolute atomic E-state index is 12.1. The van der Waals surface area contributed by atoms with Crippen LogP contribution in [0.5, 0.6) is 0 Å². The van der Waals surface area contributed by atoms with Crippen LogP contribution in [0.2, 0.25) is 0 Å². The van der Waals surface area contributed by atoms with E-state index in [0.29, 0.717) is 12.5 Å². The van der Waals surface area contributed by atoms with Crippen molar-refractivity contribution in [2.45, 2.75) is 39.7 Å². The number of carbonyl (C=O) groups excluding carboxylic acids is 1. The average molecular weight is 254 g/mol. The highest BCUT2D eigenvalue weighted by atomic mass is 32.1. The summed E-state index contributed by atoms with van der Waals surface area (Å²) >= 11 is 1.50. The summed E-state index contributed by atoms with van der Waals surface area (Å²) in [6.45, 7) is 6.83. The Kier molecular flexibility index (Phi) is 5.65. The van der Waals surface area contributed by atoms with Crippen LogP contribution in [0.25, 0.3) is 0 Å². The Morgan fingerprint density at radius 2 is 2.24 bits per heavy atom. The summed E-state index contributed by atoms with van der Waals surface area (Å²) in [6.07, 6.45) is 1.82. The summed E-state index contributed by atoms with van der Waals surface area (Å²) in [5.41, 5.74) is 6.80. The smallest absolute Gasteiger partial charge is 0.261 e. The van der Waals surface area contributed by atoms with Crippen LogP contribution in [0.4, 0.5) is 0 Å². The normalized spacial score (nSPS) is 12.8. The standard InChI is InChI=1S/C13H22N2OS/c1-4-10-5-6-17-12(10)13(16)15-11(8-14)7-9(2)3/h5-6,9,11H,4,7-8,14H2,1-3H3,(H,15,16). The predicted octanol–water partition coefficient (Wildman–Crippen LogP) is 2.41. The maximum Gasteiger partial charge on any atom is 0.261 e. The Labute approximate surface area is 107 Å². The van der Waals surface area contributed by atoms with Crippen LogP contribution in [0.1, 0.15) is 42.4 Å². The second kappa shape index (κ2) is 6.77. The van der Waals surface area contributed by atoms with Gasteiger partial charge in [-0.25, -0.2) is 0 Å². The molecule has 0 aliphatic rings. The van der Waals surface area contributed by atoms with E-state index in [2.05, 4.69) is 26.1 Å². The van der Waals surface area contributed by atoms with Crippen molar-refractivity contribution in [3.05, 3.63) is 21.9 Å². The molecule has 0 fully saturated rings. The van der Waals surface area contributed by atoms with Gasteiger partial charge in [0.05, 0.1) is 4.88 Å². The van der Waals surface area contributed by atoms with E-state index in [1.807, 2.05) is 11.4 Å². The number of carbonyl (C=O) groups is 1. The van der Waals surface area contributed by atoms with Crippen molar-refractivity contribution in [3.63, 3.8) is 0 Å². The van der Waals surface area contributed by atoms with Crippen molar-refractivity contribution in [1.29, 1.82) is 0 Å². The summed E-state index contributed by atoms with van der Waals surface area (Å²) < 4.78 is 0. The molecular weight excluding hydrogens is 232 g/mol. The quantitative estimate of drug-likeness (QED) is 0.819. The zero-order valence-electron chi connectivity index (χ0n) is 10.8. The van der Waals surface area contributed by atoms with Crippen LogP contribution in [-0.4, -0.2) is 18.5 Å². The maximum atomic E-state index is 12.1. The van der Waals surface area contributed by atoms with Crippen LogP contribution >= 0.6 is 11.3 Å². The molecule has 0 radical (unpaired) electrons. The van der Waals surface area contributed by atoms with Crippen molar-refractivity contribution in [2.24, 2.45) is 11.7 Å². The van der Waals surface area contributed by atoms with Crippen molar-refractivity contribution < 1.29 is 4.79 Å². The van der Waals surface area contributed by atoms with Crippen molar-refractivity contribution in [1.82, 2.24) is 5.32 Å². The molecule has 1 heterocycles. The van der Waals surface area contributed by atoms with Crippen LogP contribution in [0.3, 0.4) is 0 Å². The summed E-state index contributed by atoms with van der Waals surface area (Å²) in [7, 11) is 0. The van der Waals surface area contributed by atoms with Gasteiger partial charge in [-0.2, -0.15) is 0 Å². The molecule has 1 atom stereocenters. The van der Waals surface area contributed by atoms with Crippen LogP contribution in [0.15, 0.2) is 11.4 Å². The highest BCUT2D eigenvalue weighted by molar-refractivity contribution is 7.12. The minimum Gasteiger partial charge on any atom is -0.347 e. The van der Waals surface area contributed by atoms with Gasteiger partial charge < -0.3 is 11.1 Å². The molecule has 0 saturated carbocycles. The van der Waals surface area contributed by atoms with E-state index in [4.69, 9.17) is 5.73 Å². The first kappa shape index (κ1) is 14.2. The van der Waals surface area contributed by atoms with E-state index >= 15 is 0 Å². The number of amides is 1. The van der Waals surface area contributed by atoms with Crippen molar-refractivity contribution in [2.75, 3.05) is 6.54 Å². The molecule has 1 unspecified atom stereocenters. The summed E-state index contributed by atoms with van der Waals surface area (Å²) in [5.74, 6) is 0.561. The number of nitrogens with one attached hydrogen (secondary N) is 1. The zero-order valence-corrected chi connectivity index (χ0v) is 11.6. The molecule has 17 heavy (non-hydrogen) atoms. The lowest BCUT2D eigenvalue weighted by atomic mass is 10.0. The largest absolute Gasteiger partial charge is 0.347 e. The third-order valence-electron chi connectivity index (χ3n) is 2.71. The minimum atomic E-state index is 0.0213. The molecule has 1 aromatic heterocycles. The first-order chi connectivity index (χ1) is 8.08. The van der Waals surface area contributed by atoms with E-state index in [0.717, 1.165) is 23.3 Å². The second-order valence-corrected chi connectivity index (χ2v) is 5.58. The zero-order chi connectivity index (χ0) is 12.8.